The minimum Gasteiger partial charge on any atom is -0.326 e. The van der Waals surface area contributed by atoms with Crippen LogP contribution >= 0.6 is 0 Å². The number of hydrogen-bond acceptors (Lipinski definition) is 5. The van der Waals surface area contributed by atoms with Crippen molar-refractivity contribution in [2.75, 3.05) is 13.4 Å². The molecular weight excluding hydrogens is 268 g/mol. The van der Waals surface area contributed by atoms with Crippen LogP contribution in [0, 0.1) is 6.92 Å². The highest BCUT2D eigenvalue weighted by Crippen LogP contribution is 2.16. The zero-order valence-corrected chi connectivity index (χ0v) is 11.7. The monoisotopic (exact) mass is 286 g/mol. The van der Waals surface area contributed by atoms with Gasteiger partial charge >= 0.3 is 0 Å². The summed E-state index contributed by atoms with van der Waals surface area (Å²) in [6.07, 6.45) is 2.13. The summed E-state index contributed by atoms with van der Waals surface area (Å²) in [4.78, 5) is 0.198. The van der Waals surface area contributed by atoms with Crippen LogP contribution in [-0.4, -0.2) is 28.1 Å². The van der Waals surface area contributed by atoms with Crippen LogP contribution in [-0.2, 0) is 23.8 Å². The van der Waals surface area contributed by atoms with Gasteiger partial charge in [0.25, 0.3) is 10.1 Å². The largest absolute Gasteiger partial charge is 0.326 e. The Labute approximate surface area is 113 Å². The topological polar surface area (TPSA) is 61.8 Å². The smallest absolute Gasteiger partial charge is 0.296 e. The lowest BCUT2D eigenvalue weighted by Gasteiger charge is -2.26. The molecule has 1 aromatic carbocycles. The molecule has 1 saturated heterocycles. The van der Waals surface area contributed by atoms with Gasteiger partial charge in [0, 0.05) is 0 Å². The van der Waals surface area contributed by atoms with Gasteiger partial charge in [-0.25, -0.2) is 0 Å². The lowest BCUT2D eigenvalue weighted by atomic mass is 10.2. The van der Waals surface area contributed by atoms with Crippen molar-refractivity contribution in [3.05, 3.63) is 29.8 Å². The number of ether oxygens (including phenoxy) is 2. The average Bonchev–Trinajstić information content (AvgIpc) is 2.32. The fourth-order valence-corrected chi connectivity index (χ4v) is 2.63. The molecule has 1 aliphatic heterocycles. The molecule has 0 atom stereocenters. The molecule has 0 bridgehead atoms. The molecular formula is C13H18O5S. The molecule has 1 aromatic rings. The molecule has 0 spiro atoms. The molecule has 0 radical (unpaired) electrons. The molecule has 0 aromatic heterocycles. The number of aryl methyl sites for hydroxylation is 1. The van der Waals surface area contributed by atoms with Crippen LogP contribution in [0.5, 0.6) is 0 Å². The Hall–Kier alpha value is -0.950. The van der Waals surface area contributed by atoms with Gasteiger partial charge in [-0.1, -0.05) is 17.7 Å². The molecule has 6 heteroatoms. The van der Waals surface area contributed by atoms with Crippen LogP contribution in [0.2, 0.25) is 0 Å². The summed E-state index contributed by atoms with van der Waals surface area (Å²) in [6.45, 7) is 2.45. The van der Waals surface area contributed by atoms with Crippen molar-refractivity contribution in [1.82, 2.24) is 0 Å². The molecule has 0 N–H and O–H groups in total. The van der Waals surface area contributed by atoms with Crippen LogP contribution in [0.4, 0.5) is 0 Å². The van der Waals surface area contributed by atoms with Crippen molar-refractivity contribution in [2.45, 2.75) is 37.4 Å². The number of benzene rings is 1. The van der Waals surface area contributed by atoms with E-state index >= 15 is 0 Å². The fraction of sp³-hybridized carbons (Fsp3) is 0.538. The molecule has 5 nitrogen and oxygen atoms in total. The first-order chi connectivity index (χ1) is 9.08. The van der Waals surface area contributed by atoms with Gasteiger partial charge < -0.3 is 9.47 Å². The lowest BCUT2D eigenvalue weighted by Crippen LogP contribution is -2.30. The highest BCUT2D eigenvalue weighted by atomic mass is 32.2. The number of rotatable bonds is 7. The van der Waals surface area contributed by atoms with Crippen LogP contribution in [0.1, 0.15) is 24.8 Å². The molecule has 1 heterocycles. The van der Waals surface area contributed by atoms with Crippen molar-refractivity contribution in [2.24, 2.45) is 0 Å². The Kier molecular flexibility index (Phi) is 4.93. The van der Waals surface area contributed by atoms with E-state index in [2.05, 4.69) is 0 Å². The van der Waals surface area contributed by atoms with Gasteiger partial charge in [-0.3, -0.25) is 4.18 Å². The van der Waals surface area contributed by atoms with E-state index in [1.165, 1.54) is 0 Å². The van der Waals surface area contributed by atoms with Crippen LogP contribution < -0.4 is 0 Å². The van der Waals surface area contributed by atoms with E-state index in [1.54, 1.807) is 24.3 Å². The van der Waals surface area contributed by atoms with E-state index in [0.29, 0.717) is 13.2 Å². The molecule has 0 unspecified atom stereocenters. The quantitative estimate of drug-likeness (QED) is 0.568. The third-order valence-corrected chi connectivity index (χ3v) is 4.22. The molecule has 1 fully saturated rings. The second kappa shape index (κ2) is 6.47. The fourth-order valence-electron chi connectivity index (χ4n) is 1.69. The lowest BCUT2D eigenvalue weighted by molar-refractivity contribution is -0.322. The van der Waals surface area contributed by atoms with Crippen LogP contribution in [0.3, 0.4) is 0 Å². The van der Waals surface area contributed by atoms with E-state index in [9.17, 15) is 8.42 Å². The average molecular weight is 286 g/mol. The van der Waals surface area contributed by atoms with Crippen molar-refractivity contribution < 1.29 is 22.1 Å². The first kappa shape index (κ1) is 14.5. The maximum absolute atomic E-state index is 11.8. The second-order valence-electron chi connectivity index (χ2n) is 4.47. The van der Waals surface area contributed by atoms with Crippen molar-refractivity contribution in [3.8, 4) is 0 Å². The SMILES string of the molecule is Cc1ccc(S(=O)(=O)OCCCCC2OCO2)cc1. The first-order valence-electron chi connectivity index (χ1n) is 6.27. The maximum atomic E-state index is 11.8. The maximum Gasteiger partial charge on any atom is 0.296 e. The number of hydrogen-bond donors (Lipinski definition) is 0. The summed E-state index contributed by atoms with van der Waals surface area (Å²) in [5, 5.41) is 0. The molecule has 0 amide bonds. The normalized spacial score (nSPS) is 16.3. The molecule has 2 rings (SSSR count). The Balaban J connectivity index is 1.72. The Morgan fingerprint density at radius 1 is 1.21 bits per heavy atom. The van der Waals surface area contributed by atoms with Gasteiger partial charge in [0.2, 0.25) is 0 Å². The van der Waals surface area contributed by atoms with E-state index in [-0.39, 0.29) is 17.8 Å². The minimum absolute atomic E-state index is 0.117. The minimum atomic E-state index is -3.63. The van der Waals surface area contributed by atoms with Crippen molar-refractivity contribution in [3.63, 3.8) is 0 Å². The highest BCUT2D eigenvalue weighted by molar-refractivity contribution is 7.86. The highest BCUT2D eigenvalue weighted by Gasteiger charge is 2.18. The van der Waals surface area contributed by atoms with E-state index in [4.69, 9.17) is 13.7 Å². The van der Waals surface area contributed by atoms with E-state index < -0.39 is 10.1 Å². The second-order valence-corrected chi connectivity index (χ2v) is 6.08. The Bertz CT molecular complexity index is 490. The van der Waals surface area contributed by atoms with Crippen molar-refractivity contribution >= 4 is 10.1 Å². The molecule has 0 aliphatic carbocycles. The van der Waals surface area contributed by atoms with Gasteiger partial charge in [0.15, 0.2) is 13.1 Å². The first-order valence-corrected chi connectivity index (χ1v) is 7.68. The number of unbranched alkanes of at least 4 members (excludes halogenated alkanes) is 1. The van der Waals surface area contributed by atoms with Gasteiger partial charge in [-0.2, -0.15) is 8.42 Å². The molecule has 106 valence electrons. The predicted octanol–water partition coefficient (Wildman–Crippen LogP) is 2.20. The molecule has 0 saturated carbocycles. The summed E-state index contributed by atoms with van der Waals surface area (Å²) in [7, 11) is -3.63. The Morgan fingerprint density at radius 3 is 2.47 bits per heavy atom. The van der Waals surface area contributed by atoms with E-state index in [0.717, 1.165) is 18.4 Å². The van der Waals surface area contributed by atoms with Crippen LogP contribution in [0.15, 0.2) is 29.2 Å². The predicted molar refractivity (Wildman–Crippen MR) is 69.0 cm³/mol. The molecule has 1 aliphatic rings. The van der Waals surface area contributed by atoms with Crippen LogP contribution in [0.25, 0.3) is 0 Å². The summed E-state index contributed by atoms with van der Waals surface area (Å²) in [5.74, 6) is 0. The summed E-state index contributed by atoms with van der Waals surface area (Å²) in [6, 6.07) is 6.62. The zero-order chi connectivity index (χ0) is 13.7. The van der Waals surface area contributed by atoms with E-state index in [1.807, 2.05) is 6.92 Å². The summed E-state index contributed by atoms with van der Waals surface area (Å²) in [5.41, 5.74) is 1.01. The van der Waals surface area contributed by atoms with Gasteiger partial charge in [-0.05, 0) is 38.3 Å². The standard InChI is InChI=1S/C13H18O5S/c1-11-5-7-12(8-6-11)19(14,15)18-9-3-2-4-13-16-10-17-13/h5-8,13H,2-4,9-10H2,1H3. The van der Waals surface area contributed by atoms with Gasteiger partial charge in [0.05, 0.1) is 11.5 Å². The summed E-state index contributed by atoms with van der Waals surface area (Å²) >= 11 is 0. The summed E-state index contributed by atoms with van der Waals surface area (Å²) < 4.78 is 38.8. The Morgan fingerprint density at radius 2 is 1.89 bits per heavy atom. The zero-order valence-electron chi connectivity index (χ0n) is 10.9. The van der Waals surface area contributed by atoms with Gasteiger partial charge in [0.1, 0.15) is 0 Å². The molecule has 19 heavy (non-hydrogen) atoms. The van der Waals surface area contributed by atoms with Gasteiger partial charge in [-0.15, -0.1) is 0 Å². The third kappa shape index (κ3) is 4.28. The third-order valence-electron chi connectivity index (χ3n) is 2.89. The van der Waals surface area contributed by atoms with Crippen molar-refractivity contribution in [1.29, 1.82) is 0 Å².